The third kappa shape index (κ3) is 6.57. The highest BCUT2D eigenvalue weighted by atomic mass is 32.3. The third-order valence-electron chi connectivity index (χ3n) is 5.40. The normalized spacial score (nSPS) is 12.3. The Morgan fingerprint density at radius 3 is 2.32 bits per heavy atom. The summed E-state index contributed by atoms with van der Waals surface area (Å²) in [6, 6.07) is 2.86. The van der Waals surface area contributed by atoms with Crippen molar-refractivity contribution in [3.8, 4) is 5.75 Å². The van der Waals surface area contributed by atoms with E-state index in [1.165, 1.54) is 19.2 Å². The number of unbranched alkanes of at least 4 members (excludes halogenated alkanes) is 1. The number of carbonyl (C=O) groups is 1. The molecule has 0 spiro atoms. The first kappa shape index (κ1) is 28.4. The molecule has 0 saturated heterocycles. The number of carbonyl (C=O) groups excluding carboxylic acids is 1. The number of nitrogens with one attached hydrogen (secondary N) is 2. The van der Waals surface area contributed by atoms with Crippen LogP contribution in [0, 0.1) is 12.8 Å². The molecule has 0 radical (unpaired) electrons. The number of hydrogen-bond acceptors (Lipinski definition) is 10. The maximum Gasteiger partial charge on any atom is 0.245 e. The average Bonchev–Trinajstić information content (AvgIpc) is 3.15. The van der Waals surface area contributed by atoms with Crippen LogP contribution in [0.1, 0.15) is 38.9 Å². The molecule has 204 valence electrons. The van der Waals surface area contributed by atoms with Gasteiger partial charge in [-0.05, 0) is 31.7 Å². The van der Waals surface area contributed by atoms with Crippen LogP contribution in [0.25, 0.3) is 16.7 Å². The molecule has 3 rings (SSSR count). The fourth-order valence-electron chi connectivity index (χ4n) is 3.95. The van der Waals surface area contributed by atoms with E-state index in [1.807, 2.05) is 13.8 Å². The van der Waals surface area contributed by atoms with Crippen LogP contribution in [0.4, 0.5) is 11.5 Å². The number of hydrogen-bond donors (Lipinski definition) is 2. The molecule has 3 aromatic rings. The van der Waals surface area contributed by atoms with Crippen molar-refractivity contribution in [1.82, 2.24) is 24.9 Å². The average molecular weight is 556 g/mol. The van der Waals surface area contributed by atoms with Crippen LogP contribution in [-0.4, -0.2) is 75.0 Å². The topological polar surface area (TPSA) is 165 Å². The molecule has 0 bridgehead atoms. The summed E-state index contributed by atoms with van der Waals surface area (Å²) in [6.07, 6.45) is 3.65. The zero-order valence-electron chi connectivity index (χ0n) is 21.8. The zero-order valence-corrected chi connectivity index (χ0v) is 23.4. The van der Waals surface area contributed by atoms with Crippen molar-refractivity contribution in [3.63, 3.8) is 0 Å². The maximum absolute atomic E-state index is 12.4. The van der Waals surface area contributed by atoms with Gasteiger partial charge in [-0.2, -0.15) is 3.71 Å². The van der Waals surface area contributed by atoms with Crippen LogP contribution < -0.4 is 19.1 Å². The van der Waals surface area contributed by atoms with Gasteiger partial charge < -0.3 is 15.4 Å². The number of fused-ring (bicyclic) bond motifs is 3. The summed E-state index contributed by atoms with van der Waals surface area (Å²) in [5, 5.41) is 14.5. The minimum absolute atomic E-state index is 0.0176. The van der Waals surface area contributed by atoms with Gasteiger partial charge in [-0.3, -0.25) is 9.20 Å². The molecule has 1 amide bonds. The summed E-state index contributed by atoms with van der Waals surface area (Å²) >= 11 is 0. The molecule has 2 aromatic heterocycles. The molecular formula is C22H33N7O6S2. The molecule has 0 aliphatic carbocycles. The fourth-order valence-corrected chi connectivity index (χ4v) is 6.91. The molecule has 37 heavy (non-hydrogen) atoms. The van der Waals surface area contributed by atoms with E-state index >= 15 is 0 Å². The second-order valence-electron chi connectivity index (χ2n) is 9.18. The summed E-state index contributed by atoms with van der Waals surface area (Å²) in [4.78, 5) is 16.4. The largest absolute Gasteiger partial charge is 0.494 e. The molecule has 0 aliphatic heterocycles. The summed E-state index contributed by atoms with van der Waals surface area (Å²) in [7, 11) is -7.09. The lowest BCUT2D eigenvalue weighted by molar-refractivity contribution is -0.121. The highest BCUT2D eigenvalue weighted by molar-refractivity contribution is 8.09. The maximum atomic E-state index is 12.4. The molecule has 1 aromatic carbocycles. The smallest absolute Gasteiger partial charge is 0.245 e. The standard InChI is InChI=1S/C22H33N7O6S2/c1-14(2)11-20(30)23-9-7-8-10-24-21-22-27-26-15(3)28(22)17-13-18(19(35-4)12-16(17)25-21)29(36(5,31)32)37(6,33)34/h12-14H,7-11H2,1-6H3,(H,23,30)(H,24,25). The van der Waals surface area contributed by atoms with E-state index in [4.69, 9.17) is 4.74 Å². The van der Waals surface area contributed by atoms with Crippen LogP contribution in [0.5, 0.6) is 5.75 Å². The van der Waals surface area contributed by atoms with Gasteiger partial charge in [-0.1, -0.05) is 13.8 Å². The van der Waals surface area contributed by atoms with Crippen molar-refractivity contribution in [3.05, 3.63) is 18.0 Å². The molecule has 15 heteroatoms. The zero-order chi connectivity index (χ0) is 27.5. The summed E-state index contributed by atoms with van der Waals surface area (Å²) in [5.41, 5.74) is 1.05. The molecule has 0 saturated carbocycles. The summed E-state index contributed by atoms with van der Waals surface area (Å²) in [6.45, 7) is 6.85. The number of methoxy groups -OCH3 is 1. The number of ether oxygens (including phenoxy) is 1. The molecule has 0 fully saturated rings. The first-order valence-electron chi connectivity index (χ1n) is 11.7. The van der Waals surface area contributed by atoms with Crippen molar-refractivity contribution in [2.75, 3.05) is 41.7 Å². The Balaban J connectivity index is 1.93. The Morgan fingerprint density at radius 1 is 1.08 bits per heavy atom. The van der Waals surface area contributed by atoms with E-state index in [0.717, 1.165) is 25.4 Å². The Bertz CT molecular complexity index is 1490. The second-order valence-corrected chi connectivity index (χ2v) is 13.1. The molecular weight excluding hydrogens is 522 g/mol. The van der Waals surface area contributed by atoms with Gasteiger partial charge in [0, 0.05) is 25.6 Å². The number of amides is 1. The van der Waals surface area contributed by atoms with Gasteiger partial charge in [0.15, 0.2) is 5.82 Å². The highest BCUT2D eigenvalue weighted by Crippen LogP contribution is 2.36. The fraction of sp³-hybridized carbons (Fsp3) is 0.545. The van der Waals surface area contributed by atoms with Crippen LogP contribution in [0.2, 0.25) is 0 Å². The third-order valence-corrected chi connectivity index (χ3v) is 8.62. The molecule has 2 heterocycles. The van der Waals surface area contributed by atoms with Crippen molar-refractivity contribution in [1.29, 1.82) is 0 Å². The number of sulfonamides is 2. The summed E-state index contributed by atoms with van der Waals surface area (Å²) < 4.78 is 57.0. The van der Waals surface area contributed by atoms with E-state index in [-0.39, 0.29) is 17.3 Å². The van der Waals surface area contributed by atoms with E-state index in [0.29, 0.717) is 57.5 Å². The van der Waals surface area contributed by atoms with Crippen molar-refractivity contribution in [2.45, 2.75) is 40.0 Å². The number of aryl methyl sites for hydroxylation is 1. The lowest BCUT2D eigenvalue weighted by Gasteiger charge is -2.22. The van der Waals surface area contributed by atoms with Gasteiger partial charge in [0.05, 0.1) is 30.7 Å². The number of rotatable bonds is 12. The first-order valence-corrected chi connectivity index (χ1v) is 15.4. The Labute approximate surface area is 216 Å². The van der Waals surface area contributed by atoms with Gasteiger partial charge in [-0.25, -0.2) is 21.8 Å². The van der Waals surface area contributed by atoms with Gasteiger partial charge >= 0.3 is 0 Å². The van der Waals surface area contributed by atoms with Crippen LogP contribution in [0.3, 0.4) is 0 Å². The molecule has 0 unspecified atom stereocenters. The monoisotopic (exact) mass is 555 g/mol. The second kappa shape index (κ2) is 11.0. The van der Waals surface area contributed by atoms with Gasteiger partial charge in [0.2, 0.25) is 31.6 Å². The number of nitrogens with zero attached hydrogens (tertiary/aromatic N) is 5. The molecule has 13 nitrogen and oxygen atoms in total. The lowest BCUT2D eigenvalue weighted by Crippen LogP contribution is -2.35. The van der Waals surface area contributed by atoms with E-state index in [1.54, 1.807) is 11.3 Å². The molecule has 0 aliphatic rings. The SMILES string of the molecule is COc1cc2nc(NCCCCNC(=O)CC(C)C)c3nnc(C)n3c2cc1N(S(C)(=O)=O)S(C)(=O)=O. The van der Waals surface area contributed by atoms with E-state index in [9.17, 15) is 21.6 Å². The molecule has 2 N–H and O–H groups in total. The van der Waals surface area contributed by atoms with Crippen molar-refractivity contribution < 1.29 is 26.4 Å². The predicted molar refractivity (Wildman–Crippen MR) is 142 cm³/mol. The van der Waals surface area contributed by atoms with Crippen LogP contribution in [-0.2, 0) is 24.8 Å². The Hall–Kier alpha value is -3.20. The van der Waals surface area contributed by atoms with Crippen molar-refractivity contribution >= 4 is 54.1 Å². The van der Waals surface area contributed by atoms with Gasteiger partial charge in [0.25, 0.3) is 0 Å². The van der Waals surface area contributed by atoms with Gasteiger partial charge in [-0.15, -0.1) is 10.2 Å². The minimum atomic E-state index is -4.20. The van der Waals surface area contributed by atoms with Gasteiger partial charge in [0.1, 0.15) is 17.3 Å². The predicted octanol–water partition coefficient (Wildman–Crippen LogP) is 1.67. The molecule has 0 atom stereocenters. The first-order chi connectivity index (χ1) is 17.2. The quantitative estimate of drug-likeness (QED) is 0.314. The minimum Gasteiger partial charge on any atom is -0.494 e. The lowest BCUT2D eigenvalue weighted by atomic mass is 10.1. The Morgan fingerprint density at radius 2 is 1.73 bits per heavy atom. The summed E-state index contributed by atoms with van der Waals surface area (Å²) in [5.74, 6) is 1.32. The number of aromatic nitrogens is 4. The number of benzene rings is 1. The van der Waals surface area contributed by atoms with Crippen molar-refractivity contribution in [2.24, 2.45) is 5.92 Å². The Kier molecular flexibility index (Phi) is 8.47. The van der Waals surface area contributed by atoms with Crippen LogP contribution >= 0.6 is 0 Å². The highest BCUT2D eigenvalue weighted by Gasteiger charge is 2.31. The van der Waals surface area contributed by atoms with E-state index < -0.39 is 20.0 Å². The number of anilines is 2. The van der Waals surface area contributed by atoms with Crippen LogP contribution in [0.15, 0.2) is 12.1 Å². The van der Waals surface area contributed by atoms with E-state index in [2.05, 4.69) is 25.8 Å².